The molecule has 0 aliphatic carbocycles. The number of alkyl halides is 3. The molecule has 0 radical (unpaired) electrons. The molecule has 3 aromatic rings. The summed E-state index contributed by atoms with van der Waals surface area (Å²) in [5, 5.41) is 13.0. The summed E-state index contributed by atoms with van der Waals surface area (Å²) < 4.78 is 43.7. The van der Waals surface area contributed by atoms with Crippen molar-refractivity contribution in [2.75, 3.05) is 27.2 Å². The molecule has 1 atom stereocenters. The van der Waals surface area contributed by atoms with E-state index in [1.165, 1.54) is 31.2 Å². The van der Waals surface area contributed by atoms with Crippen LogP contribution in [0.15, 0.2) is 48.5 Å². The average molecular weight is 538 g/mol. The van der Waals surface area contributed by atoms with Crippen molar-refractivity contribution in [1.29, 1.82) is 5.26 Å². The topological polar surface area (TPSA) is 82.4 Å². The molecular formula is C25H20Cl2F3N3O3. The number of likely N-dealkylation sites (N-methyl/N-ethyl adjacent to an activating group) is 1. The Labute approximate surface area is 215 Å². The Morgan fingerprint density at radius 3 is 2.44 bits per heavy atom. The lowest BCUT2D eigenvalue weighted by atomic mass is 9.96. The molecule has 188 valence electrons. The maximum Gasteiger partial charge on any atom is 0.471 e. The zero-order valence-electron chi connectivity index (χ0n) is 19.1. The first-order valence-electron chi connectivity index (χ1n) is 10.5. The van der Waals surface area contributed by atoms with Crippen LogP contribution >= 0.6 is 23.2 Å². The highest BCUT2D eigenvalue weighted by Gasteiger charge is 2.39. The molecule has 0 saturated heterocycles. The molecule has 0 fully saturated rings. The monoisotopic (exact) mass is 537 g/mol. The maximum absolute atomic E-state index is 13.6. The molecule has 0 heterocycles. The van der Waals surface area contributed by atoms with Crippen LogP contribution in [0.5, 0.6) is 5.75 Å². The summed E-state index contributed by atoms with van der Waals surface area (Å²) >= 11 is 12.1. The number of hydrogen-bond acceptors (Lipinski definition) is 4. The van der Waals surface area contributed by atoms with Crippen molar-refractivity contribution in [2.24, 2.45) is 0 Å². The maximum atomic E-state index is 13.6. The van der Waals surface area contributed by atoms with Gasteiger partial charge in [-0.3, -0.25) is 9.59 Å². The number of methoxy groups -OCH3 is 1. The van der Waals surface area contributed by atoms with Crippen molar-refractivity contribution < 1.29 is 27.5 Å². The second-order valence-electron chi connectivity index (χ2n) is 7.93. The van der Waals surface area contributed by atoms with Crippen LogP contribution in [-0.4, -0.2) is 50.1 Å². The smallest absolute Gasteiger partial charge is 0.471 e. The number of nitrogens with one attached hydrogen (secondary N) is 1. The van der Waals surface area contributed by atoms with Crippen LogP contribution in [0.4, 0.5) is 13.2 Å². The number of rotatable bonds is 7. The highest BCUT2D eigenvalue weighted by atomic mass is 35.5. The van der Waals surface area contributed by atoms with Gasteiger partial charge < -0.3 is 15.0 Å². The first-order chi connectivity index (χ1) is 17.0. The van der Waals surface area contributed by atoms with E-state index in [-0.39, 0.29) is 33.5 Å². The number of carbonyl (C=O) groups excluding carboxylic acids is 2. The van der Waals surface area contributed by atoms with E-state index in [0.717, 1.165) is 0 Å². The second-order valence-corrected chi connectivity index (χ2v) is 8.74. The molecule has 3 rings (SSSR count). The van der Waals surface area contributed by atoms with Crippen LogP contribution in [0.1, 0.15) is 27.4 Å². The summed E-state index contributed by atoms with van der Waals surface area (Å²) in [5.74, 6) is -3.30. The Balaban J connectivity index is 1.99. The molecule has 0 aliphatic rings. The third-order valence-electron chi connectivity index (χ3n) is 5.56. The largest absolute Gasteiger partial charge is 0.495 e. The molecule has 0 saturated carbocycles. The quantitative estimate of drug-likeness (QED) is 0.427. The predicted octanol–water partition coefficient (Wildman–Crippen LogP) is 5.56. The summed E-state index contributed by atoms with van der Waals surface area (Å²) in [5.41, 5.74) is 0.766. The Hall–Kier alpha value is -3.48. The minimum Gasteiger partial charge on any atom is -0.495 e. The lowest BCUT2D eigenvalue weighted by molar-refractivity contribution is -0.173. The molecule has 0 spiro atoms. The molecule has 11 heteroatoms. The van der Waals surface area contributed by atoms with Crippen molar-refractivity contribution in [2.45, 2.75) is 12.1 Å². The van der Waals surface area contributed by atoms with Crippen LogP contribution in [-0.2, 0) is 4.79 Å². The van der Waals surface area contributed by atoms with Crippen molar-refractivity contribution in [3.05, 3.63) is 75.3 Å². The second kappa shape index (κ2) is 11.1. The minimum absolute atomic E-state index is 0.0875. The Bertz CT molecular complexity index is 1360. The zero-order chi connectivity index (χ0) is 26.6. The van der Waals surface area contributed by atoms with Crippen molar-refractivity contribution in [1.82, 2.24) is 10.2 Å². The van der Waals surface area contributed by atoms with Gasteiger partial charge in [-0.05, 0) is 34.5 Å². The van der Waals surface area contributed by atoms with Gasteiger partial charge in [-0.15, -0.1) is 0 Å². The standard InChI is InChI=1S/C25H20Cl2F3N3O3/c1-33(23(34)21-18-6-4-3-5-15(18)9-16(11-31)22(21)36-2)13-17(12-32-24(35)25(28,29)30)14-7-8-19(26)20(27)10-14/h3-10,17H,12-13H2,1-2H3,(H,32,35). The van der Waals surface area contributed by atoms with E-state index in [9.17, 15) is 28.0 Å². The fourth-order valence-electron chi connectivity index (χ4n) is 3.81. The summed E-state index contributed by atoms with van der Waals surface area (Å²) in [4.78, 5) is 26.4. The van der Waals surface area contributed by atoms with Gasteiger partial charge in [0.2, 0.25) is 0 Å². The van der Waals surface area contributed by atoms with E-state index >= 15 is 0 Å². The number of fused-ring (bicyclic) bond motifs is 1. The number of amides is 2. The SMILES string of the molecule is COc1c(C#N)cc2ccccc2c1C(=O)N(C)CC(CNC(=O)C(F)(F)F)c1ccc(Cl)c(Cl)c1. The predicted molar refractivity (Wildman–Crippen MR) is 130 cm³/mol. The minimum atomic E-state index is -5.06. The van der Waals surface area contributed by atoms with Gasteiger partial charge in [0.15, 0.2) is 0 Å². The van der Waals surface area contributed by atoms with Gasteiger partial charge >= 0.3 is 12.1 Å². The number of ether oxygens (including phenoxy) is 1. The average Bonchev–Trinajstić information content (AvgIpc) is 2.85. The van der Waals surface area contributed by atoms with Crippen molar-refractivity contribution >= 4 is 45.8 Å². The number of halogens is 5. The molecular weight excluding hydrogens is 518 g/mol. The number of carbonyl (C=O) groups is 2. The summed E-state index contributed by atoms with van der Waals surface area (Å²) in [6.07, 6.45) is -5.06. The van der Waals surface area contributed by atoms with E-state index in [1.807, 2.05) is 11.4 Å². The van der Waals surface area contributed by atoms with Crippen LogP contribution in [0, 0.1) is 11.3 Å². The lowest BCUT2D eigenvalue weighted by Gasteiger charge is -2.26. The highest BCUT2D eigenvalue weighted by molar-refractivity contribution is 6.42. The van der Waals surface area contributed by atoms with Gasteiger partial charge in [0.05, 0.1) is 28.3 Å². The Morgan fingerprint density at radius 2 is 1.83 bits per heavy atom. The number of nitrogens with zero attached hydrogens (tertiary/aromatic N) is 2. The molecule has 1 N–H and O–H groups in total. The molecule has 0 aromatic heterocycles. The fraction of sp³-hybridized carbons (Fsp3) is 0.240. The summed E-state index contributed by atoms with van der Waals surface area (Å²) in [7, 11) is 2.80. The van der Waals surface area contributed by atoms with Gasteiger partial charge in [-0.25, -0.2) is 0 Å². The number of nitriles is 1. The van der Waals surface area contributed by atoms with Crippen LogP contribution in [0.3, 0.4) is 0 Å². The first kappa shape index (κ1) is 27.1. The van der Waals surface area contributed by atoms with Gasteiger partial charge in [-0.1, -0.05) is 53.5 Å². The Kier molecular flexibility index (Phi) is 8.33. The molecule has 6 nitrogen and oxygen atoms in total. The van der Waals surface area contributed by atoms with Gasteiger partial charge in [0.25, 0.3) is 5.91 Å². The first-order valence-corrected chi connectivity index (χ1v) is 11.3. The van der Waals surface area contributed by atoms with Crippen molar-refractivity contribution in [3.8, 4) is 11.8 Å². The van der Waals surface area contributed by atoms with Crippen molar-refractivity contribution in [3.63, 3.8) is 0 Å². The van der Waals surface area contributed by atoms with Gasteiger partial charge in [0, 0.05) is 26.1 Å². The van der Waals surface area contributed by atoms with Crippen LogP contribution in [0.2, 0.25) is 10.0 Å². The third kappa shape index (κ3) is 5.83. The number of hydrogen-bond donors (Lipinski definition) is 1. The van der Waals surface area contributed by atoms with E-state index in [0.29, 0.717) is 16.3 Å². The molecule has 1 unspecified atom stereocenters. The molecule has 3 aromatic carbocycles. The van der Waals surface area contributed by atoms with Gasteiger partial charge in [-0.2, -0.15) is 18.4 Å². The number of benzene rings is 3. The summed E-state index contributed by atoms with van der Waals surface area (Å²) in [6.45, 7) is -0.521. The normalized spacial score (nSPS) is 12.1. The molecule has 0 bridgehead atoms. The van der Waals surface area contributed by atoms with E-state index in [2.05, 4.69) is 0 Å². The molecule has 2 amide bonds. The fourth-order valence-corrected chi connectivity index (χ4v) is 4.12. The van der Waals surface area contributed by atoms with E-state index in [4.69, 9.17) is 27.9 Å². The van der Waals surface area contributed by atoms with Crippen LogP contribution < -0.4 is 10.1 Å². The molecule has 36 heavy (non-hydrogen) atoms. The third-order valence-corrected chi connectivity index (χ3v) is 6.30. The van der Waals surface area contributed by atoms with E-state index < -0.39 is 30.5 Å². The highest BCUT2D eigenvalue weighted by Crippen LogP contribution is 2.34. The van der Waals surface area contributed by atoms with Gasteiger partial charge in [0.1, 0.15) is 11.8 Å². The lowest BCUT2D eigenvalue weighted by Crippen LogP contribution is -2.41. The molecule has 0 aliphatic heterocycles. The van der Waals surface area contributed by atoms with E-state index in [1.54, 1.807) is 36.4 Å². The van der Waals surface area contributed by atoms with Crippen LogP contribution in [0.25, 0.3) is 10.8 Å². The zero-order valence-corrected chi connectivity index (χ0v) is 20.6. The Morgan fingerprint density at radius 1 is 1.14 bits per heavy atom. The summed E-state index contributed by atoms with van der Waals surface area (Å²) in [6, 6.07) is 15.1.